The highest BCUT2D eigenvalue weighted by atomic mass is 16.5. The minimum Gasteiger partial charge on any atom is -0.381 e. The summed E-state index contributed by atoms with van der Waals surface area (Å²) in [6.45, 7) is 2.84. The van der Waals surface area contributed by atoms with Crippen LogP contribution in [0, 0.1) is 17.8 Å². The standard InChI is InChI=1S/C12H23NO/c13-7-5-12(10-3-1-2-4-10)11-6-8-14-9-11/h10-12H,1-9,13H2. The molecule has 1 heterocycles. The van der Waals surface area contributed by atoms with E-state index in [0.29, 0.717) is 0 Å². The maximum absolute atomic E-state index is 5.72. The monoisotopic (exact) mass is 197 g/mol. The van der Waals surface area contributed by atoms with Gasteiger partial charge in [0, 0.05) is 13.2 Å². The van der Waals surface area contributed by atoms with Gasteiger partial charge in [-0.3, -0.25) is 0 Å². The van der Waals surface area contributed by atoms with Crippen molar-refractivity contribution < 1.29 is 4.74 Å². The van der Waals surface area contributed by atoms with Crippen molar-refractivity contribution >= 4 is 0 Å². The van der Waals surface area contributed by atoms with Crippen molar-refractivity contribution in [3.63, 3.8) is 0 Å². The molecule has 2 fully saturated rings. The number of rotatable bonds is 4. The minimum atomic E-state index is 0.821. The SMILES string of the molecule is NCCC(C1CCCC1)C1CCOC1. The second kappa shape index (κ2) is 5.13. The third-order valence-electron chi connectivity index (χ3n) is 4.08. The minimum absolute atomic E-state index is 0.821. The van der Waals surface area contributed by atoms with Gasteiger partial charge in [-0.1, -0.05) is 25.7 Å². The molecule has 2 aliphatic rings. The van der Waals surface area contributed by atoms with Crippen LogP contribution in [0.1, 0.15) is 38.5 Å². The summed E-state index contributed by atoms with van der Waals surface area (Å²) in [5.41, 5.74) is 5.72. The molecule has 2 unspecified atom stereocenters. The van der Waals surface area contributed by atoms with Crippen LogP contribution in [0.25, 0.3) is 0 Å². The number of ether oxygens (including phenoxy) is 1. The zero-order valence-electron chi connectivity index (χ0n) is 9.08. The van der Waals surface area contributed by atoms with Crippen LogP contribution >= 0.6 is 0 Å². The predicted molar refractivity (Wildman–Crippen MR) is 58.0 cm³/mol. The summed E-state index contributed by atoms with van der Waals surface area (Å²) >= 11 is 0. The van der Waals surface area contributed by atoms with E-state index in [9.17, 15) is 0 Å². The fourth-order valence-corrected chi connectivity index (χ4v) is 3.32. The third-order valence-corrected chi connectivity index (χ3v) is 4.08. The van der Waals surface area contributed by atoms with Crippen LogP contribution in [-0.2, 0) is 4.74 Å². The molecule has 1 saturated heterocycles. The van der Waals surface area contributed by atoms with Crippen LogP contribution in [0.2, 0.25) is 0 Å². The second-order valence-corrected chi connectivity index (χ2v) is 4.91. The molecule has 2 N–H and O–H groups in total. The Morgan fingerprint density at radius 1 is 1.14 bits per heavy atom. The summed E-state index contributed by atoms with van der Waals surface area (Å²) in [5.74, 6) is 2.65. The first-order valence-electron chi connectivity index (χ1n) is 6.19. The van der Waals surface area contributed by atoms with Crippen LogP contribution in [0.5, 0.6) is 0 Å². The molecule has 0 bridgehead atoms. The lowest BCUT2D eigenvalue weighted by molar-refractivity contribution is 0.150. The number of hydrogen-bond donors (Lipinski definition) is 1. The molecule has 82 valence electrons. The lowest BCUT2D eigenvalue weighted by Crippen LogP contribution is -2.25. The molecule has 0 amide bonds. The van der Waals surface area contributed by atoms with Gasteiger partial charge in [-0.2, -0.15) is 0 Å². The molecule has 2 rings (SSSR count). The number of nitrogens with two attached hydrogens (primary N) is 1. The Hall–Kier alpha value is -0.0800. The van der Waals surface area contributed by atoms with Gasteiger partial charge in [-0.05, 0) is 37.1 Å². The van der Waals surface area contributed by atoms with Gasteiger partial charge in [-0.15, -0.1) is 0 Å². The van der Waals surface area contributed by atoms with Gasteiger partial charge >= 0.3 is 0 Å². The van der Waals surface area contributed by atoms with Crippen molar-refractivity contribution in [1.29, 1.82) is 0 Å². The van der Waals surface area contributed by atoms with E-state index in [4.69, 9.17) is 10.5 Å². The average Bonchev–Trinajstić information content (AvgIpc) is 2.87. The molecule has 0 aromatic rings. The van der Waals surface area contributed by atoms with E-state index in [1.54, 1.807) is 0 Å². The normalized spacial score (nSPS) is 31.1. The second-order valence-electron chi connectivity index (χ2n) is 4.91. The van der Waals surface area contributed by atoms with Crippen molar-refractivity contribution in [2.75, 3.05) is 19.8 Å². The highest BCUT2D eigenvalue weighted by Gasteiger charge is 2.32. The highest BCUT2D eigenvalue weighted by Crippen LogP contribution is 2.39. The summed E-state index contributed by atoms with van der Waals surface area (Å²) in [6, 6.07) is 0. The van der Waals surface area contributed by atoms with Crippen LogP contribution in [0.3, 0.4) is 0 Å². The van der Waals surface area contributed by atoms with E-state index >= 15 is 0 Å². The van der Waals surface area contributed by atoms with Crippen LogP contribution in [-0.4, -0.2) is 19.8 Å². The molecule has 0 radical (unpaired) electrons. The summed E-state index contributed by atoms with van der Waals surface area (Å²) in [5, 5.41) is 0. The lowest BCUT2D eigenvalue weighted by Gasteiger charge is -2.27. The number of hydrogen-bond acceptors (Lipinski definition) is 2. The topological polar surface area (TPSA) is 35.2 Å². The van der Waals surface area contributed by atoms with Crippen LogP contribution in [0.4, 0.5) is 0 Å². The van der Waals surface area contributed by atoms with Gasteiger partial charge < -0.3 is 10.5 Å². The molecule has 0 aromatic heterocycles. The van der Waals surface area contributed by atoms with Gasteiger partial charge in [0.25, 0.3) is 0 Å². The van der Waals surface area contributed by atoms with E-state index < -0.39 is 0 Å². The molecular weight excluding hydrogens is 174 g/mol. The summed E-state index contributed by atoms with van der Waals surface area (Å²) in [7, 11) is 0. The van der Waals surface area contributed by atoms with E-state index in [2.05, 4.69) is 0 Å². The molecule has 2 nitrogen and oxygen atoms in total. The Kier molecular flexibility index (Phi) is 3.82. The van der Waals surface area contributed by atoms with Gasteiger partial charge in [0.2, 0.25) is 0 Å². The Morgan fingerprint density at radius 2 is 1.93 bits per heavy atom. The molecule has 1 aliphatic carbocycles. The Labute approximate surface area is 87.2 Å². The van der Waals surface area contributed by atoms with E-state index in [1.165, 1.54) is 38.5 Å². The van der Waals surface area contributed by atoms with Crippen molar-refractivity contribution in [3.05, 3.63) is 0 Å². The molecule has 0 spiro atoms. The molecule has 1 saturated carbocycles. The summed E-state index contributed by atoms with van der Waals surface area (Å²) < 4.78 is 5.50. The average molecular weight is 197 g/mol. The zero-order chi connectivity index (χ0) is 9.80. The molecule has 1 aliphatic heterocycles. The maximum Gasteiger partial charge on any atom is 0.0497 e. The van der Waals surface area contributed by atoms with Gasteiger partial charge in [0.1, 0.15) is 0 Å². The van der Waals surface area contributed by atoms with E-state index in [0.717, 1.165) is 37.5 Å². The predicted octanol–water partition coefficient (Wildman–Crippen LogP) is 2.18. The molecule has 2 atom stereocenters. The maximum atomic E-state index is 5.72. The first kappa shape index (κ1) is 10.4. The van der Waals surface area contributed by atoms with Gasteiger partial charge in [0.15, 0.2) is 0 Å². The smallest absolute Gasteiger partial charge is 0.0497 e. The molecule has 14 heavy (non-hydrogen) atoms. The molecule has 2 heteroatoms. The Balaban J connectivity index is 1.91. The first-order valence-corrected chi connectivity index (χ1v) is 6.19. The van der Waals surface area contributed by atoms with Crippen LogP contribution < -0.4 is 5.73 Å². The van der Waals surface area contributed by atoms with Crippen molar-refractivity contribution in [1.82, 2.24) is 0 Å². The van der Waals surface area contributed by atoms with Crippen molar-refractivity contribution in [2.45, 2.75) is 38.5 Å². The first-order chi connectivity index (χ1) is 6.92. The summed E-state index contributed by atoms with van der Waals surface area (Å²) in [4.78, 5) is 0. The van der Waals surface area contributed by atoms with E-state index in [-0.39, 0.29) is 0 Å². The van der Waals surface area contributed by atoms with E-state index in [1.807, 2.05) is 0 Å². The van der Waals surface area contributed by atoms with Crippen LogP contribution in [0.15, 0.2) is 0 Å². The zero-order valence-corrected chi connectivity index (χ0v) is 9.08. The summed E-state index contributed by atoms with van der Waals surface area (Å²) in [6.07, 6.45) is 8.28. The van der Waals surface area contributed by atoms with Gasteiger partial charge in [0.05, 0.1) is 0 Å². The Morgan fingerprint density at radius 3 is 2.50 bits per heavy atom. The largest absolute Gasteiger partial charge is 0.381 e. The quantitative estimate of drug-likeness (QED) is 0.749. The Bertz CT molecular complexity index is 144. The third kappa shape index (κ3) is 2.29. The molecule has 0 aromatic carbocycles. The fraction of sp³-hybridized carbons (Fsp3) is 1.00. The fourth-order valence-electron chi connectivity index (χ4n) is 3.32. The molecular formula is C12H23NO. The highest BCUT2D eigenvalue weighted by molar-refractivity contribution is 4.82. The van der Waals surface area contributed by atoms with Crippen molar-refractivity contribution in [3.8, 4) is 0 Å². The van der Waals surface area contributed by atoms with Crippen molar-refractivity contribution in [2.24, 2.45) is 23.5 Å². The van der Waals surface area contributed by atoms with Gasteiger partial charge in [-0.25, -0.2) is 0 Å². The lowest BCUT2D eigenvalue weighted by atomic mass is 9.78.